The molecule has 0 amide bonds. The van der Waals surface area contributed by atoms with Gasteiger partial charge in [-0.25, -0.2) is 4.79 Å². The van der Waals surface area contributed by atoms with Gasteiger partial charge in [-0.2, -0.15) is 0 Å². The minimum absolute atomic E-state index is 0.0115. The van der Waals surface area contributed by atoms with Crippen LogP contribution in [0.1, 0.15) is 115 Å². The van der Waals surface area contributed by atoms with E-state index in [-0.39, 0.29) is 22.2 Å². The van der Waals surface area contributed by atoms with Gasteiger partial charge >= 0.3 is 5.97 Å². The van der Waals surface area contributed by atoms with E-state index in [0.717, 1.165) is 25.2 Å². The number of hydrogen-bond acceptors (Lipinski definition) is 3. The van der Waals surface area contributed by atoms with E-state index in [1.165, 1.54) is 69.5 Å². The molecule has 0 N–H and O–H groups in total. The Morgan fingerprint density at radius 2 is 1.58 bits per heavy atom. The first-order valence-electron chi connectivity index (χ1n) is 15.3. The van der Waals surface area contributed by atoms with Crippen LogP contribution in [-0.4, -0.2) is 19.4 Å². The molecule has 1 aromatic rings. The Labute approximate surface area is 230 Å². The highest BCUT2D eigenvalue weighted by Crippen LogP contribution is 2.76. The van der Waals surface area contributed by atoms with Crippen LogP contribution in [0.25, 0.3) is 5.57 Å². The predicted octanol–water partition coefficient (Wildman–Crippen LogP) is 8.52. The first kappa shape index (κ1) is 26.3. The quantitative estimate of drug-likeness (QED) is 0.299. The Kier molecular flexibility index (Phi) is 5.92. The molecule has 0 aromatic heterocycles. The Morgan fingerprint density at radius 3 is 2.26 bits per heavy atom. The molecule has 0 spiro atoms. The lowest BCUT2D eigenvalue weighted by molar-refractivity contribution is -0.220. The zero-order valence-electron chi connectivity index (χ0n) is 24.6. The topological polar surface area (TPSA) is 43.4 Å². The normalized spacial score (nSPS) is 45.1. The van der Waals surface area contributed by atoms with Gasteiger partial charge in [-0.05, 0) is 126 Å². The van der Waals surface area contributed by atoms with Crippen LogP contribution in [0.3, 0.4) is 0 Å². The van der Waals surface area contributed by atoms with Crippen molar-refractivity contribution in [2.45, 2.75) is 98.8 Å². The second kappa shape index (κ2) is 8.55. The third-order valence-corrected chi connectivity index (χ3v) is 13.9. The van der Waals surface area contributed by atoms with E-state index < -0.39 is 0 Å². The predicted molar refractivity (Wildman–Crippen MR) is 152 cm³/mol. The van der Waals surface area contributed by atoms with Gasteiger partial charge in [-0.3, -0.25) is 0 Å². The SMILES string of the molecule is COC(=O)c1ccc(C2=CCC3(C)[C@H]4CCC5[C@H]6CCCC6(C=O)CC[C@@]5(C)C4(C)CC[C@H]3C2(C)C)cc1. The fraction of sp³-hybridized carbons (Fsp3) is 0.714. The van der Waals surface area contributed by atoms with Gasteiger partial charge < -0.3 is 9.53 Å². The summed E-state index contributed by atoms with van der Waals surface area (Å²) in [5.41, 5.74) is 4.32. The van der Waals surface area contributed by atoms with Crippen molar-refractivity contribution in [2.75, 3.05) is 7.11 Å². The molecule has 0 bridgehead atoms. The van der Waals surface area contributed by atoms with Crippen LogP contribution in [0.5, 0.6) is 0 Å². The maximum Gasteiger partial charge on any atom is 0.337 e. The number of rotatable bonds is 3. The zero-order chi connectivity index (χ0) is 27.1. The van der Waals surface area contributed by atoms with Crippen molar-refractivity contribution in [3.63, 3.8) is 0 Å². The highest BCUT2D eigenvalue weighted by Gasteiger charge is 2.69. The van der Waals surface area contributed by atoms with Crippen molar-refractivity contribution in [3.05, 3.63) is 41.5 Å². The van der Waals surface area contributed by atoms with Crippen LogP contribution in [0.4, 0.5) is 0 Å². The number of aldehydes is 1. The molecular weight excluding hydrogens is 468 g/mol. The molecule has 4 unspecified atom stereocenters. The van der Waals surface area contributed by atoms with Gasteiger partial charge in [0.15, 0.2) is 0 Å². The monoisotopic (exact) mass is 516 g/mol. The molecule has 0 saturated heterocycles. The zero-order valence-corrected chi connectivity index (χ0v) is 24.6. The number of hydrogen-bond donors (Lipinski definition) is 0. The molecule has 0 heterocycles. The lowest BCUT2D eigenvalue weighted by atomic mass is 9.33. The molecule has 206 valence electrons. The standard InChI is InChI=1S/C35H48O3/c1-31(2)25(23-9-11-24(12-10-23)30(37)38-6)15-18-32(3)28(31)16-19-34(5)29(32)14-13-26-27-8-7-17-35(27,22-36)21-20-33(26,34)4/h9-12,15,22,26-29H,7-8,13-14,16-21H2,1-6H3/t26?,27-,28+,29-,32?,33-,34?,35?/m1/s1. The largest absolute Gasteiger partial charge is 0.465 e. The third kappa shape index (κ3) is 3.26. The maximum absolute atomic E-state index is 12.4. The average Bonchev–Trinajstić information content (AvgIpc) is 3.33. The molecule has 3 heteroatoms. The van der Waals surface area contributed by atoms with Gasteiger partial charge in [0.2, 0.25) is 0 Å². The number of allylic oxidation sites excluding steroid dienone is 2. The first-order valence-corrected chi connectivity index (χ1v) is 15.3. The molecule has 0 radical (unpaired) electrons. The van der Waals surface area contributed by atoms with Crippen molar-refractivity contribution in [1.82, 2.24) is 0 Å². The summed E-state index contributed by atoms with van der Waals surface area (Å²) in [7, 11) is 1.44. The number of carbonyl (C=O) groups is 2. The molecule has 38 heavy (non-hydrogen) atoms. The molecule has 5 aliphatic rings. The van der Waals surface area contributed by atoms with Crippen LogP contribution in [0.15, 0.2) is 30.3 Å². The molecule has 0 aliphatic heterocycles. The Hall–Kier alpha value is -1.90. The van der Waals surface area contributed by atoms with E-state index in [1.54, 1.807) is 0 Å². The summed E-state index contributed by atoms with van der Waals surface area (Å²) in [6, 6.07) is 8.06. The number of ether oxygens (including phenoxy) is 1. The van der Waals surface area contributed by atoms with Crippen molar-refractivity contribution >= 4 is 17.8 Å². The fourth-order valence-electron chi connectivity index (χ4n) is 11.8. The van der Waals surface area contributed by atoms with Crippen LogP contribution in [0.2, 0.25) is 0 Å². The maximum atomic E-state index is 12.4. The molecular formula is C35H48O3. The van der Waals surface area contributed by atoms with E-state index in [9.17, 15) is 9.59 Å². The lowest BCUT2D eigenvalue weighted by Crippen LogP contribution is -2.65. The highest BCUT2D eigenvalue weighted by atomic mass is 16.5. The summed E-state index contributed by atoms with van der Waals surface area (Å²) in [6.07, 6.45) is 16.3. The molecule has 1 aromatic carbocycles. The highest BCUT2D eigenvalue weighted by molar-refractivity contribution is 5.89. The van der Waals surface area contributed by atoms with Gasteiger partial charge in [0.05, 0.1) is 12.7 Å². The third-order valence-electron chi connectivity index (χ3n) is 13.9. The van der Waals surface area contributed by atoms with Crippen molar-refractivity contribution in [3.8, 4) is 0 Å². The van der Waals surface area contributed by atoms with Crippen molar-refractivity contribution in [1.29, 1.82) is 0 Å². The minimum Gasteiger partial charge on any atom is -0.465 e. The number of fused-ring (bicyclic) bond motifs is 7. The molecule has 3 nitrogen and oxygen atoms in total. The summed E-state index contributed by atoms with van der Waals surface area (Å²) >= 11 is 0. The van der Waals surface area contributed by atoms with Gasteiger partial charge in [0.1, 0.15) is 6.29 Å². The molecule has 8 atom stereocenters. The summed E-state index contributed by atoms with van der Waals surface area (Å²) < 4.78 is 4.92. The van der Waals surface area contributed by atoms with E-state index in [0.29, 0.717) is 34.1 Å². The van der Waals surface area contributed by atoms with Crippen molar-refractivity contribution < 1.29 is 14.3 Å². The molecule has 6 rings (SSSR count). The second-order valence-electron chi connectivity index (χ2n) is 15.1. The van der Waals surface area contributed by atoms with Crippen molar-refractivity contribution in [2.24, 2.45) is 50.7 Å². The number of benzene rings is 1. The summed E-state index contributed by atoms with van der Waals surface area (Å²) in [6.45, 7) is 12.9. The molecule has 4 fully saturated rings. The fourth-order valence-corrected chi connectivity index (χ4v) is 11.8. The van der Waals surface area contributed by atoms with Gasteiger partial charge in [-0.15, -0.1) is 0 Å². The second-order valence-corrected chi connectivity index (χ2v) is 15.1. The lowest BCUT2D eigenvalue weighted by Gasteiger charge is -2.72. The number of methoxy groups -OCH3 is 1. The molecule has 5 aliphatic carbocycles. The van der Waals surface area contributed by atoms with Crippen LogP contribution < -0.4 is 0 Å². The number of carbonyl (C=O) groups excluding carboxylic acids is 2. The first-order chi connectivity index (χ1) is 18.0. The Balaban J connectivity index is 1.34. The van der Waals surface area contributed by atoms with Crippen LogP contribution in [-0.2, 0) is 9.53 Å². The summed E-state index contributed by atoms with van der Waals surface area (Å²) in [4.78, 5) is 24.4. The minimum atomic E-state index is -0.276. The van der Waals surface area contributed by atoms with E-state index in [4.69, 9.17) is 4.74 Å². The van der Waals surface area contributed by atoms with Crippen LogP contribution >= 0.6 is 0 Å². The smallest absolute Gasteiger partial charge is 0.337 e. The molecule has 4 saturated carbocycles. The average molecular weight is 517 g/mol. The Morgan fingerprint density at radius 1 is 0.842 bits per heavy atom. The van der Waals surface area contributed by atoms with Crippen LogP contribution in [0, 0.1) is 50.7 Å². The number of esters is 1. The van der Waals surface area contributed by atoms with Gasteiger partial charge in [0.25, 0.3) is 0 Å². The van der Waals surface area contributed by atoms with E-state index in [2.05, 4.69) is 52.8 Å². The van der Waals surface area contributed by atoms with Gasteiger partial charge in [-0.1, -0.05) is 59.2 Å². The Bertz CT molecular complexity index is 1160. The van der Waals surface area contributed by atoms with E-state index in [1.807, 2.05) is 12.1 Å². The van der Waals surface area contributed by atoms with E-state index >= 15 is 0 Å². The summed E-state index contributed by atoms with van der Waals surface area (Å²) in [5, 5.41) is 0. The van der Waals surface area contributed by atoms with Gasteiger partial charge in [0, 0.05) is 5.41 Å². The summed E-state index contributed by atoms with van der Waals surface area (Å²) in [5.74, 6) is 2.41.